The zero-order valence-corrected chi connectivity index (χ0v) is 10.7. The van der Waals surface area contributed by atoms with E-state index in [9.17, 15) is 9.90 Å². The third kappa shape index (κ3) is 3.46. The van der Waals surface area contributed by atoms with Gasteiger partial charge in [0.05, 0.1) is 7.11 Å². The molecule has 0 aromatic carbocycles. The van der Waals surface area contributed by atoms with Crippen molar-refractivity contribution in [1.29, 1.82) is 0 Å². The molecule has 0 radical (unpaired) electrons. The number of esters is 1. The van der Waals surface area contributed by atoms with Gasteiger partial charge < -0.3 is 9.84 Å². The average Bonchev–Trinajstić information content (AvgIpc) is 2.13. The molecule has 3 unspecified atom stereocenters. The Bertz CT molecular complexity index is 243. The first kappa shape index (κ1) is 13.5. The van der Waals surface area contributed by atoms with E-state index in [-0.39, 0.29) is 0 Å². The molecule has 4 heteroatoms. The number of piperidine rings is 1. The van der Waals surface area contributed by atoms with E-state index >= 15 is 0 Å². The van der Waals surface area contributed by atoms with Crippen LogP contribution in [0, 0.1) is 11.8 Å². The maximum absolute atomic E-state index is 11.4. The summed E-state index contributed by atoms with van der Waals surface area (Å²) in [6.45, 7) is 8.16. The number of aliphatic hydroxyl groups is 1. The van der Waals surface area contributed by atoms with Crippen molar-refractivity contribution in [2.24, 2.45) is 11.8 Å². The van der Waals surface area contributed by atoms with Gasteiger partial charge in [0, 0.05) is 19.6 Å². The van der Waals surface area contributed by atoms with Crippen LogP contribution < -0.4 is 0 Å². The summed E-state index contributed by atoms with van der Waals surface area (Å²) in [5, 5.41) is 9.99. The fraction of sp³-hybridized carbons (Fsp3) is 0.917. The molecular formula is C12H23NO3. The lowest BCUT2D eigenvalue weighted by atomic mass is 9.91. The van der Waals surface area contributed by atoms with Crippen molar-refractivity contribution >= 4 is 5.97 Å². The number of hydrogen-bond acceptors (Lipinski definition) is 4. The minimum Gasteiger partial charge on any atom is -0.467 e. The van der Waals surface area contributed by atoms with Crippen molar-refractivity contribution in [2.75, 3.05) is 26.7 Å². The number of ether oxygens (including phenoxy) is 1. The Labute approximate surface area is 97.6 Å². The molecule has 16 heavy (non-hydrogen) atoms. The van der Waals surface area contributed by atoms with Gasteiger partial charge in [-0.05, 0) is 25.2 Å². The molecule has 0 aromatic heterocycles. The molecule has 1 aliphatic rings. The molecule has 1 heterocycles. The average molecular weight is 229 g/mol. The van der Waals surface area contributed by atoms with Gasteiger partial charge in [-0.3, -0.25) is 4.90 Å². The second kappa shape index (κ2) is 5.15. The first-order valence-corrected chi connectivity index (χ1v) is 5.88. The summed E-state index contributed by atoms with van der Waals surface area (Å²) in [5.74, 6) is 0.688. The Balaban J connectivity index is 2.56. The van der Waals surface area contributed by atoms with Crippen LogP contribution in [-0.2, 0) is 9.53 Å². The van der Waals surface area contributed by atoms with Crippen LogP contribution >= 0.6 is 0 Å². The number of carbonyl (C=O) groups excluding carboxylic acids is 1. The summed E-state index contributed by atoms with van der Waals surface area (Å²) in [7, 11) is 1.30. The van der Waals surface area contributed by atoms with E-state index in [1.54, 1.807) is 0 Å². The summed E-state index contributed by atoms with van der Waals surface area (Å²) >= 11 is 0. The van der Waals surface area contributed by atoms with Crippen molar-refractivity contribution in [1.82, 2.24) is 4.90 Å². The minimum absolute atomic E-state index is 0.356. The van der Waals surface area contributed by atoms with Gasteiger partial charge >= 0.3 is 5.97 Å². The molecule has 0 aromatic rings. The zero-order valence-electron chi connectivity index (χ0n) is 10.7. The van der Waals surface area contributed by atoms with Gasteiger partial charge in [0.1, 0.15) is 0 Å². The molecule has 3 atom stereocenters. The number of nitrogens with zero attached hydrogens (tertiary/aromatic N) is 1. The Morgan fingerprint density at radius 3 is 2.38 bits per heavy atom. The summed E-state index contributed by atoms with van der Waals surface area (Å²) in [6, 6.07) is 0. The van der Waals surface area contributed by atoms with E-state index in [0.29, 0.717) is 18.4 Å². The molecule has 1 aliphatic heterocycles. The lowest BCUT2D eigenvalue weighted by Crippen LogP contribution is -2.51. The van der Waals surface area contributed by atoms with Crippen LogP contribution in [0.25, 0.3) is 0 Å². The van der Waals surface area contributed by atoms with Crippen LogP contribution in [0.5, 0.6) is 0 Å². The molecule has 4 nitrogen and oxygen atoms in total. The van der Waals surface area contributed by atoms with Gasteiger partial charge in [-0.1, -0.05) is 13.8 Å². The molecule has 0 saturated carbocycles. The fourth-order valence-electron chi connectivity index (χ4n) is 2.64. The van der Waals surface area contributed by atoms with Crippen LogP contribution in [0.1, 0.15) is 27.2 Å². The van der Waals surface area contributed by atoms with Gasteiger partial charge in [0.15, 0.2) is 5.60 Å². The minimum atomic E-state index is -1.40. The number of likely N-dealkylation sites (tertiary alicyclic amines) is 1. The van der Waals surface area contributed by atoms with Gasteiger partial charge in [0.2, 0.25) is 0 Å². The number of rotatable bonds is 3. The van der Waals surface area contributed by atoms with Crippen LogP contribution in [0.15, 0.2) is 0 Å². The third-order valence-corrected chi connectivity index (χ3v) is 3.10. The SMILES string of the molecule is COC(=O)C(C)(O)CN1CC(C)CC(C)C1. The van der Waals surface area contributed by atoms with Crippen molar-refractivity contribution in [2.45, 2.75) is 32.8 Å². The second-order valence-corrected chi connectivity index (χ2v) is 5.41. The summed E-state index contributed by atoms with van der Waals surface area (Å²) in [6.07, 6.45) is 1.22. The molecule has 1 saturated heterocycles. The van der Waals surface area contributed by atoms with Crippen molar-refractivity contribution in [3.63, 3.8) is 0 Å². The van der Waals surface area contributed by atoms with Crippen LogP contribution in [0.3, 0.4) is 0 Å². The van der Waals surface area contributed by atoms with Gasteiger partial charge in [0.25, 0.3) is 0 Å². The summed E-state index contributed by atoms with van der Waals surface area (Å²) in [4.78, 5) is 13.5. The molecule has 1 rings (SSSR count). The summed E-state index contributed by atoms with van der Waals surface area (Å²) in [5.41, 5.74) is -1.40. The molecule has 1 N–H and O–H groups in total. The second-order valence-electron chi connectivity index (χ2n) is 5.41. The number of hydrogen-bond donors (Lipinski definition) is 1. The Hall–Kier alpha value is -0.610. The molecule has 0 amide bonds. The van der Waals surface area contributed by atoms with Crippen LogP contribution in [-0.4, -0.2) is 48.3 Å². The fourth-order valence-corrected chi connectivity index (χ4v) is 2.64. The highest BCUT2D eigenvalue weighted by Crippen LogP contribution is 2.22. The van der Waals surface area contributed by atoms with Crippen LogP contribution in [0.4, 0.5) is 0 Å². The van der Waals surface area contributed by atoms with E-state index in [2.05, 4.69) is 23.5 Å². The Kier molecular flexibility index (Phi) is 4.33. The van der Waals surface area contributed by atoms with Crippen molar-refractivity contribution in [3.05, 3.63) is 0 Å². The topological polar surface area (TPSA) is 49.8 Å². The van der Waals surface area contributed by atoms with Gasteiger partial charge in [-0.25, -0.2) is 4.79 Å². The zero-order chi connectivity index (χ0) is 12.3. The number of methoxy groups -OCH3 is 1. The smallest absolute Gasteiger partial charge is 0.338 e. The predicted octanol–water partition coefficient (Wildman–Crippen LogP) is 0.888. The quantitative estimate of drug-likeness (QED) is 0.730. The molecule has 0 bridgehead atoms. The lowest BCUT2D eigenvalue weighted by molar-refractivity contribution is -0.163. The van der Waals surface area contributed by atoms with Gasteiger partial charge in [-0.2, -0.15) is 0 Å². The third-order valence-electron chi connectivity index (χ3n) is 3.10. The molecule has 1 fully saturated rings. The van der Waals surface area contributed by atoms with Crippen molar-refractivity contribution in [3.8, 4) is 0 Å². The Morgan fingerprint density at radius 2 is 1.94 bits per heavy atom. The normalized spacial score (nSPS) is 30.8. The van der Waals surface area contributed by atoms with E-state index in [4.69, 9.17) is 0 Å². The van der Waals surface area contributed by atoms with Crippen LogP contribution in [0.2, 0.25) is 0 Å². The predicted molar refractivity (Wildman–Crippen MR) is 62.0 cm³/mol. The lowest BCUT2D eigenvalue weighted by Gasteiger charge is -2.37. The first-order chi connectivity index (χ1) is 7.35. The molecular weight excluding hydrogens is 206 g/mol. The van der Waals surface area contributed by atoms with E-state index in [1.807, 2.05) is 0 Å². The largest absolute Gasteiger partial charge is 0.467 e. The maximum Gasteiger partial charge on any atom is 0.338 e. The first-order valence-electron chi connectivity index (χ1n) is 5.88. The Morgan fingerprint density at radius 1 is 1.44 bits per heavy atom. The standard InChI is InChI=1S/C12H23NO3/c1-9-5-10(2)7-13(6-9)8-12(3,15)11(14)16-4/h9-10,15H,5-8H2,1-4H3. The van der Waals surface area contributed by atoms with Crippen molar-refractivity contribution < 1.29 is 14.6 Å². The monoisotopic (exact) mass is 229 g/mol. The molecule has 94 valence electrons. The maximum atomic E-state index is 11.4. The number of β-amino-alcohol motifs (C(OH)–C–C–N with tert-alkyl or cyclic N) is 1. The molecule has 0 spiro atoms. The number of carbonyl (C=O) groups is 1. The highest BCUT2D eigenvalue weighted by Gasteiger charge is 2.35. The van der Waals surface area contributed by atoms with Gasteiger partial charge in [-0.15, -0.1) is 0 Å². The van der Waals surface area contributed by atoms with E-state index in [0.717, 1.165) is 13.1 Å². The highest BCUT2D eigenvalue weighted by molar-refractivity contribution is 5.78. The molecule has 0 aliphatic carbocycles. The van der Waals surface area contributed by atoms with E-state index in [1.165, 1.54) is 20.5 Å². The van der Waals surface area contributed by atoms with E-state index < -0.39 is 11.6 Å². The summed E-state index contributed by atoms with van der Waals surface area (Å²) < 4.78 is 4.59. The highest BCUT2D eigenvalue weighted by atomic mass is 16.5.